The molecule has 2 saturated heterocycles. The van der Waals surface area contributed by atoms with Gasteiger partial charge in [0.1, 0.15) is 24.7 Å². The van der Waals surface area contributed by atoms with Gasteiger partial charge in [-0.25, -0.2) is 0 Å². The normalized spacial score (nSPS) is 25.2. The van der Waals surface area contributed by atoms with Gasteiger partial charge in [-0.1, -0.05) is 30.9 Å². The molecule has 0 aromatic heterocycles. The Labute approximate surface area is 221 Å². The molecule has 4 atom stereocenters. The summed E-state index contributed by atoms with van der Waals surface area (Å²) in [7, 11) is 0. The average molecular weight is 535 g/mol. The molecule has 0 spiro atoms. The fourth-order valence-electron chi connectivity index (χ4n) is 5.19. The van der Waals surface area contributed by atoms with Crippen molar-refractivity contribution in [2.24, 2.45) is 5.92 Å². The van der Waals surface area contributed by atoms with E-state index in [0.717, 1.165) is 12.8 Å². The number of benzene rings is 1. The van der Waals surface area contributed by atoms with Crippen LogP contribution in [0.3, 0.4) is 0 Å². The van der Waals surface area contributed by atoms with Gasteiger partial charge in [-0.3, -0.25) is 19.2 Å². The van der Waals surface area contributed by atoms with E-state index in [0.29, 0.717) is 37.6 Å². The molecule has 4 N–H and O–H groups in total. The molecule has 11 heteroatoms. The quantitative estimate of drug-likeness (QED) is 0.433. The molecule has 1 aromatic carbocycles. The van der Waals surface area contributed by atoms with E-state index in [1.807, 2.05) is 0 Å². The van der Waals surface area contributed by atoms with Crippen LogP contribution >= 0.6 is 11.6 Å². The number of hydrogen-bond acceptors (Lipinski definition) is 7. The first-order valence-corrected chi connectivity index (χ1v) is 13.3. The Bertz CT molecular complexity index is 1030. The molecule has 2 heterocycles. The highest BCUT2D eigenvalue weighted by molar-refractivity contribution is 6.33. The highest BCUT2D eigenvalue weighted by Crippen LogP contribution is 2.26. The number of likely N-dealkylation sites (tertiary alicyclic amines) is 1. The first kappa shape index (κ1) is 27.3. The van der Waals surface area contributed by atoms with Crippen molar-refractivity contribution < 1.29 is 28.7 Å². The van der Waals surface area contributed by atoms with Crippen molar-refractivity contribution in [3.63, 3.8) is 0 Å². The SMILES string of the molecule is CC(NC(=O)c1ccc(N)c(Cl)c1)C(=O)N1CCCC1C(=O)NC1C(=O)COC1OCC1CCCCC1. The number of halogens is 1. The first-order chi connectivity index (χ1) is 17.7. The zero-order chi connectivity index (χ0) is 26.5. The van der Waals surface area contributed by atoms with Crippen LogP contribution < -0.4 is 16.4 Å². The lowest BCUT2D eigenvalue weighted by atomic mass is 9.90. The molecule has 2 aliphatic heterocycles. The monoisotopic (exact) mass is 534 g/mol. The van der Waals surface area contributed by atoms with E-state index in [1.165, 1.54) is 42.4 Å². The molecule has 202 valence electrons. The molecular formula is C26H35ClN4O6. The number of ether oxygens (including phenoxy) is 2. The summed E-state index contributed by atoms with van der Waals surface area (Å²) in [6.07, 6.45) is 6.05. The van der Waals surface area contributed by atoms with Gasteiger partial charge in [-0.05, 0) is 56.7 Å². The first-order valence-electron chi connectivity index (χ1n) is 13.0. The summed E-state index contributed by atoms with van der Waals surface area (Å²) in [5, 5.41) is 5.67. The van der Waals surface area contributed by atoms with E-state index in [-0.39, 0.29) is 28.9 Å². The molecule has 0 bridgehead atoms. The summed E-state index contributed by atoms with van der Waals surface area (Å²) in [4.78, 5) is 52.8. The van der Waals surface area contributed by atoms with Crippen molar-refractivity contribution >= 4 is 40.8 Å². The van der Waals surface area contributed by atoms with Crippen LogP contribution in [-0.4, -0.2) is 72.6 Å². The number of carbonyl (C=O) groups excluding carboxylic acids is 4. The molecule has 4 rings (SSSR count). The summed E-state index contributed by atoms with van der Waals surface area (Å²) >= 11 is 6.00. The van der Waals surface area contributed by atoms with Gasteiger partial charge in [0.15, 0.2) is 12.1 Å². The van der Waals surface area contributed by atoms with Crippen molar-refractivity contribution in [2.45, 2.75) is 76.3 Å². The number of nitrogen functional groups attached to an aromatic ring is 1. The third-order valence-corrected chi connectivity index (χ3v) is 7.67. The smallest absolute Gasteiger partial charge is 0.251 e. The summed E-state index contributed by atoms with van der Waals surface area (Å²) in [6.45, 7) is 2.32. The Morgan fingerprint density at radius 2 is 1.95 bits per heavy atom. The molecule has 10 nitrogen and oxygen atoms in total. The number of anilines is 1. The van der Waals surface area contributed by atoms with Crippen LogP contribution in [-0.2, 0) is 23.9 Å². The van der Waals surface area contributed by atoms with Crippen molar-refractivity contribution in [2.75, 3.05) is 25.5 Å². The number of hydrogen-bond donors (Lipinski definition) is 3. The third kappa shape index (κ3) is 6.61. The summed E-state index contributed by atoms with van der Waals surface area (Å²) in [6, 6.07) is 1.95. The summed E-state index contributed by atoms with van der Waals surface area (Å²) < 4.78 is 11.4. The highest BCUT2D eigenvalue weighted by Gasteiger charge is 2.42. The highest BCUT2D eigenvalue weighted by atomic mass is 35.5. The second kappa shape index (κ2) is 12.2. The number of ketones is 1. The number of amides is 3. The van der Waals surface area contributed by atoms with E-state index in [9.17, 15) is 19.2 Å². The van der Waals surface area contributed by atoms with Crippen LogP contribution in [0.4, 0.5) is 5.69 Å². The number of Topliss-reactive ketones (excluding diaryl/α,β-unsaturated/α-hetero) is 1. The molecule has 1 aliphatic carbocycles. The summed E-state index contributed by atoms with van der Waals surface area (Å²) in [5.41, 5.74) is 6.31. The van der Waals surface area contributed by atoms with Crippen molar-refractivity contribution in [1.82, 2.24) is 15.5 Å². The molecule has 4 unspecified atom stereocenters. The molecule has 1 saturated carbocycles. The van der Waals surface area contributed by atoms with Crippen LogP contribution in [0.5, 0.6) is 0 Å². The third-order valence-electron chi connectivity index (χ3n) is 7.35. The average Bonchev–Trinajstić information content (AvgIpc) is 3.51. The maximum atomic E-state index is 13.2. The fraction of sp³-hybridized carbons (Fsp3) is 0.615. The molecule has 37 heavy (non-hydrogen) atoms. The van der Waals surface area contributed by atoms with Crippen LogP contribution in [0.1, 0.15) is 62.2 Å². The Morgan fingerprint density at radius 3 is 2.68 bits per heavy atom. The van der Waals surface area contributed by atoms with E-state index in [4.69, 9.17) is 26.8 Å². The Balaban J connectivity index is 1.33. The fourth-order valence-corrected chi connectivity index (χ4v) is 5.37. The lowest BCUT2D eigenvalue weighted by Gasteiger charge is -2.29. The van der Waals surface area contributed by atoms with Crippen LogP contribution in [0.25, 0.3) is 0 Å². The van der Waals surface area contributed by atoms with Gasteiger partial charge in [0.25, 0.3) is 5.91 Å². The van der Waals surface area contributed by atoms with Gasteiger partial charge in [0.05, 0.1) is 17.3 Å². The van der Waals surface area contributed by atoms with Gasteiger partial charge in [0, 0.05) is 12.1 Å². The van der Waals surface area contributed by atoms with Crippen molar-refractivity contribution in [1.29, 1.82) is 0 Å². The Morgan fingerprint density at radius 1 is 1.19 bits per heavy atom. The standard InChI is InChI=1S/C26H35ClN4O6/c1-15(29-23(33)17-9-10-19(28)18(27)12-17)25(35)31-11-5-8-20(31)24(34)30-22-21(32)14-37-26(22)36-13-16-6-3-2-4-7-16/h9-10,12,15-16,20,22,26H,2-8,11,13-14,28H2,1H3,(H,29,33)(H,30,34). The molecule has 3 amide bonds. The molecule has 0 radical (unpaired) electrons. The van der Waals surface area contributed by atoms with Gasteiger partial charge in [0.2, 0.25) is 11.8 Å². The van der Waals surface area contributed by atoms with Crippen molar-refractivity contribution in [3.8, 4) is 0 Å². The summed E-state index contributed by atoms with van der Waals surface area (Å²) in [5.74, 6) is -1.10. The molecular weight excluding hydrogens is 500 g/mol. The van der Waals surface area contributed by atoms with E-state index < -0.39 is 36.2 Å². The predicted molar refractivity (Wildman–Crippen MR) is 137 cm³/mol. The Hall–Kier alpha value is -2.69. The molecule has 3 aliphatic rings. The zero-order valence-electron chi connectivity index (χ0n) is 21.0. The minimum Gasteiger partial charge on any atom is -0.398 e. The minimum atomic E-state index is -0.902. The van der Waals surface area contributed by atoms with Gasteiger partial charge in [-0.15, -0.1) is 0 Å². The molecule has 1 aromatic rings. The zero-order valence-corrected chi connectivity index (χ0v) is 21.8. The topological polar surface area (TPSA) is 140 Å². The lowest BCUT2D eigenvalue weighted by Crippen LogP contribution is -2.55. The van der Waals surface area contributed by atoms with E-state index in [2.05, 4.69) is 10.6 Å². The number of nitrogens with zero attached hydrogens (tertiary/aromatic N) is 1. The maximum absolute atomic E-state index is 13.2. The lowest BCUT2D eigenvalue weighted by molar-refractivity contribution is -0.146. The van der Waals surface area contributed by atoms with Crippen molar-refractivity contribution in [3.05, 3.63) is 28.8 Å². The van der Waals surface area contributed by atoms with E-state index in [1.54, 1.807) is 6.92 Å². The Kier molecular flexibility index (Phi) is 9.04. The molecule has 3 fully saturated rings. The number of rotatable bonds is 8. The number of carbonyl (C=O) groups is 4. The van der Waals surface area contributed by atoms with E-state index >= 15 is 0 Å². The van der Waals surface area contributed by atoms with Crippen LogP contribution in [0.2, 0.25) is 5.02 Å². The number of nitrogens with two attached hydrogens (primary N) is 1. The van der Waals surface area contributed by atoms with Gasteiger partial charge in [-0.2, -0.15) is 0 Å². The maximum Gasteiger partial charge on any atom is 0.251 e. The van der Waals surface area contributed by atoms with Gasteiger partial charge < -0.3 is 30.7 Å². The minimum absolute atomic E-state index is 0.119. The second-order valence-corrected chi connectivity index (χ2v) is 10.5. The largest absolute Gasteiger partial charge is 0.398 e. The van der Waals surface area contributed by atoms with Crippen LogP contribution in [0.15, 0.2) is 18.2 Å². The predicted octanol–water partition coefficient (Wildman–Crippen LogP) is 2.04. The number of nitrogens with one attached hydrogen (secondary N) is 2. The van der Waals surface area contributed by atoms with Crippen LogP contribution in [0, 0.1) is 5.92 Å². The van der Waals surface area contributed by atoms with Gasteiger partial charge >= 0.3 is 0 Å². The second-order valence-electron chi connectivity index (χ2n) is 10.1.